The van der Waals surface area contributed by atoms with Crippen LogP contribution < -0.4 is 19.5 Å². The lowest BCUT2D eigenvalue weighted by Crippen LogP contribution is -2.20. The molecule has 18 heavy (non-hydrogen) atoms. The van der Waals surface area contributed by atoms with E-state index in [4.69, 9.17) is 14.2 Å². The summed E-state index contributed by atoms with van der Waals surface area (Å²) in [5, 5.41) is 3.29. The van der Waals surface area contributed by atoms with E-state index in [-0.39, 0.29) is 6.79 Å². The first-order valence-electron chi connectivity index (χ1n) is 6.19. The Balaban J connectivity index is 1.78. The molecule has 0 atom stereocenters. The first kappa shape index (κ1) is 12.8. The molecule has 0 radical (unpaired) electrons. The molecule has 1 heterocycles. The molecule has 0 aromatic heterocycles. The zero-order valence-corrected chi connectivity index (χ0v) is 10.7. The topological polar surface area (TPSA) is 39.7 Å². The Morgan fingerprint density at radius 3 is 3.06 bits per heavy atom. The van der Waals surface area contributed by atoms with Gasteiger partial charge in [0.15, 0.2) is 11.5 Å². The Morgan fingerprint density at radius 1 is 1.39 bits per heavy atom. The van der Waals surface area contributed by atoms with Crippen molar-refractivity contribution >= 4 is 0 Å². The molecule has 1 aromatic carbocycles. The standard InChI is InChI=1S/C14H19NO3/c1-3-6-15-8-11(2)9-16-12-4-5-13-14(7-12)18-10-17-13/h4-5,7,15H,2-3,6,8-10H2,1H3. The molecule has 0 bridgehead atoms. The predicted molar refractivity (Wildman–Crippen MR) is 70.4 cm³/mol. The fourth-order valence-corrected chi connectivity index (χ4v) is 1.65. The third-order valence-electron chi connectivity index (χ3n) is 2.59. The van der Waals surface area contributed by atoms with Gasteiger partial charge in [0.05, 0.1) is 0 Å². The van der Waals surface area contributed by atoms with Crippen molar-refractivity contribution in [3.8, 4) is 17.2 Å². The average Bonchev–Trinajstić information content (AvgIpc) is 2.84. The molecule has 1 aromatic rings. The highest BCUT2D eigenvalue weighted by Gasteiger charge is 2.13. The molecule has 4 heteroatoms. The van der Waals surface area contributed by atoms with Crippen LogP contribution in [0.1, 0.15) is 13.3 Å². The van der Waals surface area contributed by atoms with Gasteiger partial charge in [0, 0.05) is 12.6 Å². The number of nitrogens with one attached hydrogen (secondary N) is 1. The Labute approximate surface area is 108 Å². The number of hydrogen-bond donors (Lipinski definition) is 1. The number of fused-ring (bicyclic) bond motifs is 1. The molecule has 0 unspecified atom stereocenters. The maximum Gasteiger partial charge on any atom is 0.231 e. The molecule has 1 aliphatic rings. The Morgan fingerprint density at radius 2 is 2.22 bits per heavy atom. The monoisotopic (exact) mass is 249 g/mol. The van der Waals surface area contributed by atoms with Crippen LogP contribution in [0.3, 0.4) is 0 Å². The van der Waals surface area contributed by atoms with Gasteiger partial charge in [-0.15, -0.1) is 0 Å². The summed E-state index contributed by atoms with van der Waals surface area (Å²) in [5.74, 6) is 2.28. The lowest BCUT2D eigenvalue weighted by Gasteiger charge is -2.09. The molecule has 0 fully saturated rings. The summed E-state index contributed by atoms with van der Waals surface area (Å²) in [7, 11) is 0. The van der Waals surface area contributed by atoms with Crippen molar-refractivity contribution in [2.75, 3.05) is 26.5 Å². The van der Waals surface area contributed by atoms with Gasteiger partial charge < -0.3 is 19.5 Å². The zero-order chi connectivity index (χ0) is 12.8. The van der Waals surface area contributed by atoms with Crippen molar-refractivity contribution in [3.05, 3.63) is 30.4 Å². The minimum atomic E-state index is 0.284. The fraction of sp³-hybridized carbons (Fsp3) is 0.429. The van der Waals surface area contributed by atoms with E-state index in [1.54, 1.807) is 0 Å². The smallest absolute Gasteiger partial charge is 0.231 e. The van der Waals surface area contributed by atoms with E-state index in [1.807, 2.05) is 18.2 Å². The third kappa shape index (κ3) is 3.40. The highest BCUT2D eigenvalue weighted by atomic mass is 16.7. The van der Waals surface area contributed by atoms with Crippen molar-refractivity contribution in [2.45, 2.75) is 13.3 Å². The predicted octanol–water partition coefficient (Wildman–Crippen LogP) is 2.35. The minimum absolute atomic E-state index is 0.284. The van der Waals surface area contributed by atoms with Crippen molar-refractivity contribution in [3.63, 3.8) is 0 Å². The highest BCUT2D eigenvalue weighted by molar-refractivity contribution is 5.46. The van der Waals surface area contributed by atoms with E-state index >= 15 is 0 Å². The van der Waals surface area contributed by atoms with Gasteiger partial charge in [0.2, 0.25) is 6.79 Å². The van der Waals surface area contributed by atoms with Crippen LogP contribution in [-0.4, -0.2) is 26.5 Å². The van der Waals surface area contributed by atoms with Crippen LogP contribution >= 0.6 is 0 Å². The van der Waals surface area contributed by atoms with Crippen molar-refractivity contribution in [1.82, 2.24) is 5.32 Å². The van der Waals surface area contributed by atoms with Gasteiger partial charge in [-0.1, -0.05) is 13.5 Å². The number of benzene rings is 1. The summed E-state index contributed by atoms with van der Waals surface area (Å²) < 4.78 is 16.2. The second-order valence-corrected chi connectivity index (χ2v) is 4.23. The van der Waals surface area contributed by atoms with Gasteiger partial charge >= 0.3 is 0 Å². The van der Waals surface area contributed by atoms with Crippen molar-refractivity contribution in [1.29, 1.82) is 0 Å². The van der Waals surface area contributed by atoms with Gasteiger partial charge in [-0.05, 0) is 30.7 Å². The summed E-state index contributed by atoms with van der Waals surface area (Å²) >= 11 is 0. The van der Waals surface area contributed by atoms with Gasteiger partial charge in [-0.25, -0.2) is 0 Å². The molecule has 4 nitrogen and oxygen atoms in total. The van der Waals surface area contributed by atoms with E-state index in [0.29, 0.717) is 6.61 Å². The molecule has 0 aliphatic carbocycles. The number of rotatable bonds is 7. The van der Waals surface area contributed by atoms with Gasteiger partial charge in [0.25, 0.3) is 0 Å². The van der Waals surface area contributed by atoms with Crippen LogP contribution in [0.25, 0.3) is 0 Å². The maximum atomic E-state index is 5.65. The fourth-order valence-electron chi connectivity index (χ4n) is 1.65. The number of hydrogen-bond acceptors (Lipinski definition) is 4. The average molecular weight is 249 g/mol. The molecular formula is C14H19NO3. The number of ether oxygens (including phenoxy) is 3. The highest BCUT2D eigenvalue weighted by Crippen LogP contribution is 2.35. The molecule has 0 saturated carbocycles. The normalized spacial score (nSPS) is 12.5. The van der Waals surface area contributed by atoms with E-state index < -0.39 is 0 Å². The van der Waals surface area contributed by atoms with E-state index in [2.05, 4.69) is 18.8 Å². The summed E-state index contributed by atoms with van der Waals surface area (Å²) in [6, 6.07) is 5.57. The van der Waals surface area contributed by atoms with Crippen LogP contribution in [0.15, 0.2) is 30.4 Å². The largest absolute Gasteiger partial charge is 0.489 e. The van der Waals surface area contributed by atoms with E-state index in [9.17, 15) is 0 Å². The SMILES string of the molecule is C=C(CNCCC)COc1ccc2c(c1)OCO2. The molecule has 0 amide bonds. The molecule has 0 spiro atoms. The minimum Gasteiger partial charge on any atom is -0.489 e. The first-order valence-corrected chi connectivity index (χ1v) is 6.19. The molecule has 1 N–H and O–H groups in total. The van der Waals surface area contributed by atoms with Crippen LogP contribution in [-0.2, 0) is 0 Å². The molecule has 0 saturated heterocycles. The van der Waals surface area contributed by atoms with Crippen LogP contribution in [0.5, 0.6) is 17.2 Å². The van der Waals surface area contributed by atoms with Gasteiger partial charge in [0.1, 0.15) is 12.4 Å². The Kier molecular flexibility index (Phi) is 4.47. The summed E-state index contributed by atoms with van der Waals surface area (Å²) in [4.78, 5) is 0. The quantitative estimate of drug-likeness (QED) is 0.595. The van der Waals surface area contributed by atoms with Gasteiger partial charge in [-0.2, -0.15) is 0 Å². The molecule has 1 aliphatic heterocycles. The third-order valence-corrected chi connectivity index (χ3v) is 2.59. The van der Waals surface area contributed by atoms with Crippen LogP contribution in [0.2, 0.25) is 0 Å². The summed E-state index contributed by atoms with van der Waals surface area (Å²) in [5.41, 5.74) is 1.03. The van der Waals surface area contributed by atoms with E-state index in [0.717, 1.165) is 42.3 Å². The Bertz CT molecular complexity index is 418. The second kappa shape index (κ2) is 6.31. The zero-order valence-electron chi connectivity index (χ0n) is 10.7. The van der Waals surface area contributed by atoms with Crippen molar-refractivity contribution < 1.29 is 14.2 Å². The lowest BCUT2D eigenvalue weighted by molar-refractivity contribution is 0.174. The van der Waals surface area contributed by atoms with Gasteiger partial charge in [-0.3, -0.25) is 0 Å². The molecule has 2 rings (SSSR count). The maximum absolute atomic E-state index is 5.65. The first-order chi connectivity index (χ1) is 8.79. The molecule has 98 valence electrons. The molecular weight excluding hydrogens is 230 g/mol. The van der Waals surface area contributed by atoms with Crippen molar-refractivity contribution in [2.24, 2.45) is 0 Å². The van der Waals surface area contributed by atoms with Crippen LogP contribution in [0.4, 0.5) is 0 Å². The second-order valence-electron chi connectivity index (χ2n) is 4.23. The summed E-state index contributed by atoms with van der Waals surface area (Å²) in [6.07, 6.45) is 1.12. The van der Waals surface area contributed by atoms with E-state index in [1.165, 1.54) is 0 Å². The van der Waals surface area contributed by atoms with Crippen LogP contribution in [0, 0.1) is 0 Å². The lowest BCUT2D eigenvalue weighted by atomic mass is 10.3. The summed E-state index contributed by atoms with van der Waals surface area (Å²) in [6.45, 7) is 8.70. The Hall–Kier alpha value is -1.68.